The van der Waals surface area contributed by atoms with Crippen LogP contribution in [0.4, 0.5) is 0 Å². The van der Waals surface area contributed by atoms with Gasteiger partial charge in [0.2, 0.25) is 0 Å². The Morgan fingerprint density at radius 1 is 0.952 bits per heavy atom. The normalized spacial score (nSPS) is 7.90. The Morgan fingerprint density at radius 3 is 1.48 bits per heavy atom. The van der Waals surface area contributed by atoms with E-state index in [1.165, 1.54) is 24.3 Å². The summed E-state index contributed by atoms with van der Waals surface area (Å²) >= 11 is 0. The number of aliphatic carboxylic acids is 2. The van der Waals surface area contributed by atoms with Crippen LogP contribution in [0.3, 0.4) is 0 Å². The molecular weight excluding hydrogens is 324 g/mol. The van der Waals surface area contributed by atoms with Crippen molar-refractivity contribution < 1.29 is 66.7 Å². The van der Waals surface area contributed by atoms with Crippen molar-refractivity contribution in [3.8, 4) is 5.75 Å². The van der Waals surface area contributed by atoms with Gasteiger partial charge in [-0.1, -0.05) is 23.9 Å². The van der Waals surface area contributed by atoms with E-state index in [0.717, 1.165) is 0 Å². The molecule has 21 heavy (non-hydrogen) atoms. The van der Waals surface area contributed by atoms with Crippen molar-refractivity contribution in [1.29, 1.82) is 0 Å². The number of carboxylic acid groups (broad SMARTS) is 3. The van der Waals surface area contributed by atoms with Crippen LogP contribution in [0.2, 0.25) is 0 Å². The smallest absolute Gasteiger partial charge is 0.872 e. The van der Waals surface area contributed by atoms with Crippen molar-refractivity contribution in [2.45, 2.75) is 0 Å². The number of rotatable bonds is 3. The van der Waals surface area contributed by atoms with Crippen LogP contribution in [0.15, 0.2) is 24.3 Å². The molecule has 0 aliphatic rings. The van der Waals surface area contributed by atoms with Crippen molar-refractivity contribution in [2.24, 2.45) is 0 Å². The van der Waals surface area contributed by atoms with E-state index >= 15 is 0 Å². The topological polar surface area (TPSA) is 181 Å². The number of hydrogen-bond donors (Lipinski definition) is 3. The van der Waals surface area contributed by atoms with Crippen molar-refractivity contribution in [2.75, 3.05) is 13.2 Å². The summed E-state index contributed by atoms with van der Waals surface area (Å²) in [7, 11) is 0. The van der Waals surface area contributed by atoms with E-state index in [4.69, 9.17) is 35.1 Å². The number of hydrogen-bond acceptors (Lipinski definition) is 8. The molecule has 0 unspecified atom stereocenters. The minimum atomic E-state index is -1.44. The number of aliphatic hydroxyl groups is 2. The monoisotopic (exact) mass is 335 g/mol. The molecule has 0 spiro atoms. The van der Waals surface area contributed by atoms with E-state index in [9.17, 15) is 9.90 Å². The molecule has 1 aromatic rings. The number of carbonyl (C=O) groups is 3. The van der Waals surface area contributed by atoms with Crippen molar-refractivity contribution in [1.82, 2.24) is 0 Å². The van der Waals surface area contributed by atoms with Gasteiger partial charge in [0.05, 0.1) is 30.7 Å². The van der Waals surface area contributed by atoms with Gasteiger partial charge >= 0.3 is 27.7 Å². The average Bonchev–Trinajstić information content (AvgIpc) is 2.40. The predicted molar refractivity (Wildman–Crippen MR) is 57.0 cm³/mol. The molecule has 0 bridgehead atoms. The molecule has 0 saturated carbocycles. The van der Waals surface area contributed by atoms with Crippen molar-refractivity contribution in [3.05, 3.63) is 29.8 Å². The van der Waals surface area contributed by atoms with Gasteiger partial charge in [-0.15, -0.1) is 0 Å². The first kappa shape index (κ1) is 24.1. The van der Waals surface area contributed by atoms with Gasteiger partial charge < -0.3 is 40.2 Å². The second kappa shape index (κ2) is 14.5. The zero-order valence-electron chi connectivity index (χ0n) is 10.5. The number of para-hydroxylation sites is 1. The van der Waals surface area contributed by atoms with Crippen LogP contribution in [0, 0.1) is 0 Å². The largest absolute Gasteiger partial charge is 3.00 e. The fourth-order valence-corrected chi connectivity index (χ4v) is 0.643. The van der Waals surface area contributed by atoms with Crippen LogP contribution in [0.5, 0.6) is 5.75 Å². The Bertz CT molecular complexity index is 433. The van der Waals surface area contributed by atoms with Crippen LogP contribution in [0.25, 0.3) is 0 Å². The van der Waals surface area contributed by atoms with E-state index in [1.54, 1.807) is 0 Å². The number of carboxylic acids is 3. The molecule has 0 saturated heterocycles. The molecule has 0 aliphatic heterocycles. The zero-order chi connectivity index (χ0) is 16.1. The van der Waals surface area contributed by atoms with Gasteiger partial charge in [0.1, 0.15) is 0 Å². The molecule has 0 aromatic heterocycles. The van der Waals surface area contributed by atoms with Crippen LogP contribution < -0.4 is 15.3 Å². The summed E-state index contributed by atoms with van der Waals surface area (Å²) in [6, 6.07) is 5.54. The standard InChI is InChI=1S/C7H6O3.2C2H4O3.Ti/c8-6-4-2-1-3-5(6)7(9)10;2*3-1-2(4)5;/h1-4,8H,(H,9,10);2*3H,1H2,(H,4,5);/q;;;+3/p-3. The van der Waals surface area contributed by atoms with Gasteiger partial charge in [0.15, 0.2) is 0 Å². The maximum absolute atomic E-state index is 10.7. The third-order valence-electron chi connectivity index (χ3n) is 1.38. The van der Waals surface area contributed by atoms with Crippen LogP contribution in [0.1, 0.15) is 10.4 Å². The van der Waals surface area contributed by atoms with Crippen LogP contribution in [-0.2, 0) is 31.3 Å². The van der Waals surface area contributed by atoms with Crippen molar-refractivity contribution in [3.63, 3.8) is 0 Å². The molecule has 113 valence electrons. The van der Waals surface area contributed by atoms with Crippen molar-refractivity contribution >= 4 is 17.9 Å². The van der Waals surface area contributed by atoms with E-state index in [2.05, 4.69) is 0 Å². The first-order chi connectivity index (χ1) is 9.26. The molecule has 1 aromatic carbocycles. The Kier molecular flexibility index (Phi) is 16.6. The minimum absolute atomic E-state index is 0. The van der Waals surface area contributed by atoms with Crippen LogP contribution in [-0.4, -0.2) is 46.4 Å². The molecule has 1 radical (unpaired) electrons. The first-order valence-corrected chi connectivity index (χ1v) is 4.87. The molecule has 9 nitrogen and oxygen atoms in total. The Hall–Kier alpha value is -1.94. The SMILES string of the molecule is O=C(O)c1ccccc1[O-].O=C([O-])CO.O=C([O-])CO.[Ti+3]. The number of aromatic carboxylic acids is 1. The molecule has 0 aliphatic carbocycles. The van der Waals surface area contributed by atoms with Gasteiger partial charge in [0, 0.05) is 0 Å². The fraction of sp³-hybridized carbons (Fsp3) is 0.182. The molecule has 0 amide bonds. The van der Waals surface area contributed by atoms with Gasteiger partial charge in [-0.25, -0.2) is 4.79 Å². The molecule has 3 N–H and O–H groups in total. The van der Waals surface area contributed by atoms with Gasteiger partial charge in [-0.2, -0.15) is 0 Å². The summed E-state index contributed by atoms with van der Waals surface area (Å²) in [6.07, 6.45) is 0. The Labute approximate surface area is 134 Å². The molecular formula is C11H11O9Ti. The Balaban J connectivity index is -0.000000254. The second-order valence-corrected chi connectivity index (χ2v) is 2.86. The summed E-state index contributed by atoms with van der Waals surface area (Å²) in [5.74, 6) is -4.50. The summed E-state index contributed by atoms with van der Waals surface area (Å²) in [6.45, 7) is -1.78. The third kappa shape index (κ3) is 16.0. The maximum atomic E-state index is 10.7. The van der Waals surface area contributed by atoms with Gasteiger partial charge in [0.25, 0.3) is 0 Å². The second-order valence-electron chi connectivity index (χ2n) is 2.86. The van der Waals surface area contributed by atoms with E-state index < -0.39 is 36.9 Å². The average molecular weight is 335 g/mol. The molecule has 10 heteroatoms. The fourth-order valence-electron chi connectivity index (χ4n) is 0.643. The third-order valence-corrected chi connectivity index (χ3v) is 1.38. The van der Waals surface area contributed by atoms with Crippen LogP contribution >= 0.6 is 0 Å². The summed E-state index contributed by atoms with van der Waals surface area (Å²) in [5.41, 5.74) is -0.178. The minimum Gasteiger partial charge on any atom is -0.872 e. The van der Waals surface area contributed by atoms with E-state index in [0.29, 0.717) is 0 Å². The zero-order valence-corrected chi connectivity index (χ0v) is 12.1. The van der Waals surface area contributed by atoms with Gasteiger partial charge in [-0.05, 0) is 6.07 Å². The molecule has 1 rings (SSSR count). The molecule has 0 heterocycles. The first-order valence-electron chi connectivity index (χ1n) is 4.87. The number of carbonyl (C=O) groups excluding carboxylic acids is 2. The molecule has 0 fully saturated rings. The van der Waals surface area contributed by atoms with E-state index in [1.807, 2.05) is 0 Å². The maximum Gasteiger partial charge on any atom is 3.00 e. The molecule has 0 atom stereocenters. The number of benzene rings is 1. The number of aliphatic hydroxyl groups excluding tert-OH is 2. The quantitative estimate of drug-likeness (QED) is 0.462. The summed E-state index contributed by atoms with van der Waals surface area (Å²) < 4.78 is 0. The Morgan fingerprint density at radius 2 is 1.29 bits per heavy atom. The van der Waals surface area contributed by atoms with Gasteiger partial charge in [-0.3, -0.25) is 0 Å². The predicted octanol–water partition coefficient (Wildman–Crippen LogP) is -4.09. The summed E-state index contributed by atoms with van der Waals surface area (Å²) in [5, 5.41) is 52.0. The summed E-state index contributed by atoms with van der Waals surface area (Å²) in [4.78, 5) is 28.2. The van der Waals surface area contributed by atoms with E-state index in [-0.39, 0.29) is 27.3 Å².